The minimum atomic E-state index is -0.848. The second kappa shape index (κ2) is 10.1. The highest BCUT2D eigenvalue weighted by atomic mass is 16.5. The fraction of sp³-hybridized carbons (Fsp3) is 0.250. The number of hydrogen-bond acceptors (Lipinski definition) is 5. The molecule has 4 aromatic rings. The molecule has 2 heterocycles. The zero-order valence-corrected chi connectivity index (χ0v) is 19.7. The number of anilines is 1. The Morgan fingerprint density at radius 1 is 0.971 bits per heavy atom. The second-order valence-electron chi connectivity index (χ2n) is 8.69. The number of rotatable bonds is 8. The number of carboxylic acid groups (broad SMARTS) is 1. The zero-order valence-electron chi connectivity index (χ0n) is 19.7. The van der Waals surface area contributed by atoms with Crippen LogP contribution < -0.4 is 14.4 Å². The standard InChI is InChI=1S/C28H29N3O4/c1-34-22-9-7-21(8-10-22)30-13-15-31(16-14-30)27(28(32)33)25-18-29-26-12-11-23(17-24(25)26)35-19-20-5-3-2-4-6-20/h2-12,17-18,27,29H,13-16,19H2,1H3,(H,32,33)/t27-/m0/s1. The monoisotopic (exact) mass is 471 g/mol. The Labute approximate surface area is 204 Å². The van der Waals surface area contributed by atoms with Crippen molar-refractivity contribution in [3.63, 3.8) is 0 Å². The van der Waals surface area contributed by atoms with Crippen LogP contribution in [-0.2, 0) is 11.4 Å². The number of benzene rings is 3. The molecule has 2 N–H and O–H groups in total. The van der Waals surface area contributed by atoms with E-state index in [-0.39, 0.29) is 0 Å². The Bertz CT molecular complexity index is 1280. The number of aromatic nitrogens is 1. The lowest BCUT2D eigenvalue weighted by Crippen LogP contribution is -2.49. The summed E-state index contributed by atoms with van der Waals surface area (Å²) in [6.07, 6.45) is 1.82. The highest BCUT2D eigenvalue weighted by Gasteiger charge is 2.32. The molecule has 5 rings (SSSR count). The average Bonchev–Trinajstić information content (AvgIpc) is 3.31. The van der Waals surface area contributed by atoms with E-state index < -0.39 is 12.0 Å². The van der Waals surface area contributed by atoms with Crippen molar-refractivity contribution >= 4 is 22.6 Å². The van der Waals surface area contributed by atoms with E-state index in [1.807, 2.05) is 83.9 Å². The molecule has 3 aromatic carbocycles. The summed E-state index contributed by atoms with van der Waals surface area (Å²) in [5, 5.41) is 11.1. The summed E-state index contributed by atoms with van der Waals surface area (Å²) >= 11 is 0. The van der Waals surface area contributed by atoms with Gasteiger partial charge in [0, 0.05) is 54.5 Å². The first-order chi connectivity index (χ1) is 17.1. The lowest BCUT2D eigenvalue weighted by atomic mass is 10.0. The summed E-state index contributed by atoms with van der Waals surface area (Å²) in [5.74, 6) is 0.694. The van der Waals surface area contributed by atoms with Crippen molar-refractivity contribution in [2.45, 2.75) is 12.6 Å². The molecule has 1 aromatic heterocycles. The molecule has 0 aliphatic carbocycles. The van der Waals surface area contributed by atoms with Crippen molar-refractivity contribution in [2.24, 2.45) is 0 Å². The summed E-state index contributed by atoms with van der Waals surface area (Å²) in [4.78, 5) is 20.0. The second-order valence-corrected chi connectivity index (χ2v) is 8.69. The Balaban J connectivity index is 1.32. The van der Waals surface area contributed by atoms with Crippen LogP contribution in [0.2, 0.25) is 0 Å². The quantitative estimate of drug-likeness (QED) is 0.388. The number of nitrogens with one attached hydrogen (secondary N) is 1. The van der Waals surface area contributed by atoms with Gasteiger partial charge >= 0.3 is 5.97 Å². The van der Waals surface area contributed by atoms with Crippen LogP contribution >= 0.6 is 0 Å². The number of methoxy groups -OCH3 is 1. The van der Waals surface area contributed by atoms with Gasteiger partial charge in [-0.2, -0.15) is 0 Å². The number of ether oxygens (including phenoxy) is 2. The summed E-state index contributed by atoms with van der Waals surface area (Å²) in [6, 6.07) is 23.0. The van der Waals surface area contributed by atoms with Crippen LogP contribution in [0.3, 0.4) is 0 Å². The van der Waals surface area contributed by atoms with E-state index >= 15 is 0 Å². The first-order valence-electron chi connectivity index (χ1n) is 11.8. The lowest BCUT2D eigenvalue weighted by Gasteiger charge is -2.38. The van der Waals surface area contributed by atoms with Gasteiger partial charge in [-0.05, 0) is 48.0 Å². The number of H-pyrrole nitrogens is 1. The third-order valence-electron chi connectivity index (χ3n) is 6.58. The van der Waals surface area contributed by atoms with Crippen LogP contribution in [-0.4, -0.2) is 54.2 Å². The van der Waals surface area contributed by atoms with E-state index in [2.05, 4.69) is 9.88 Å². The number of hydrogen-bond donors (Lipinski definition) is 2. The molecule has 0 radical (unpaired) electrons. The van der Waals surface area contributed by atoms with E-state index in [1.165, 1.54) is 0 Å². The van der Waals surface area contributed by atoms with Gasteiger partial charge in [-0.3, -0.25) is 9.69 Å². The van der Waals surface area contributed by atoms with Crippen molar-refractivity contribution in [1.82, 2.24) is 9.88 Å². The molecule has 1 saturated heterocycles. The number of aliphatic carboxylic acids is 1. The molecule has 0 spiro atoms. The van der Waals surface area contributed by atoms with E-state index in [4.69, 9.17) is 9.47 Å². The molecule has 0 saturated carbocycles. The topological polar surface area (TPSA) is 78.0 Å². The zero-order chi connectivity index (χ0) is 24.2. The van der Waals surface area contributed by atoms with E-state index in [0.717, 1.165) is 52.3 Å². The number of carbonyl (C=O) groups is 1. The average molecular weight is 472 g/mol. The maximum Gasteiger partial charge on any atom is 0.325 e. The maximum absolute atomic E-state index is 12.4. The van der Waals surface area contributed by atoms with Crippen molar-refractivity contribution in [3.05, 3.63) is 90.1 Å². The van der Waals surface area contributed by atoms with Gasteiger partial charge in [0.15, 0.2) is 0 Å². The maximum atomic E-state index is 12.4. The first-order valence-corrected chi connectivity index (χ1v) is 11.8. The fourth-order valence-corrected chi connectivity index (χ4v) is 4.70. The molecule has 7 nitrogen and oxygen atoms in total. The van der Waals surface area contributed by atoms with Crippen molar-refractivity contribution in [3.8, 4) is 11.5 Å². The summed E-state index contributed by atoms with van der Waals surface area (Å²) in [7, 11) is 1.66. The third-order valence-corrected chi connectivity index (χ3v) is 6.58. The van der Waals surface area contributed by atoms with Gasteiger partial charge in [0.25, 0.3) is 0 Å². The lowest BCUT2D eigenvalue weighted by molar-refractivity contribution is -0.143. The first kappa shape index (κ1) is 22.8. The van der Waals surface area contributed by atoms with Gasteiger partial charge in [0.2, 0.25) is 0 Å². The van der Waals surface area contributed by atoms with Crippen molar-refractivity contribution in [1.29, 1.82) is 0 Å². The molecule has 1 atom stereocenters. The predicted molar refractivity (Wildman–Crippen MR) is 136 cm³/mol. The predicted octanol–water partition coefficient (Wildman–Crippen LogP) is 4.70. The molecular weight excluding hydrogens is 442 g/mol. The van der Waals surface area contributed by atoms with Crippen LogP contribution in [0.15, 0.2) is 79.0 Å². The minimum absolute atomic E-state index is 0.460. The normalized spacial score (nSPS) is 15.2. The van der Waals surface area contributed by atoms with Crippen LogP contribution in [0.4, 0.5) is 5.69 Å². The van der Waals surface area contributed by atoms with Crippen LogP contribution in [0.25, 0.3) is 10.9 Å². The molecule has 1 aliphatic rings. The highest BCUT2D eigenvalue weighted by Crippen LogP contribution is 2.32. The number of aromatic amines is 1. The smallest absolute Gasteiger partial charge is 0.325 e. The van der Waals surface area contributed by atoms with Crippen LogP contribution in [0.1, 0.15) is 17.2 Å². The van der Waals surface area contributed by atoms with Crippen molar-refractivity contribution in [2.75, 3.05) is 38.2 Å². The molecule has 0 unspecified atom stereocenters. The highest BCUT2D eigenvalue weighted by molar-refractivity contribution is 5.90. The Hall–Kier alpha value is -3.97. The Kier molecular flexibility index (Phi) is 6.59. The van der Waals surface area contributed by atoms with Gasteiger partial charge in [-0.15, -0.1) is 0 Å². The van der Waals surface area contributed by atoms with Crippen LogP contribution in [0.5, 0.6) is 11.5 Å². The number of carboxylic acids is 1. The molecule has 1 fully saturated rings. The molecule has 35 heavy (non-hydrogen) atoms. The van der Waals surface area contributed by atoms with Gasteiger partial charge < -0.3 is 24.5 Å². The van der Waals surface area contributed by atoms with Gasteiger partial charge in [0.1, 0.15) is 24.1 Å². The summed E-state index contributed by atoms with van der Waals surface area (Å²) < 4.78 is 11.2. The fourth-order valence-electron chi connectivity index (χ4n) is 4.70. The summed E-state index contributed by atoms with van der Waals surface area (Å²) in [6.45, 7) is 3.27. The van der Waals surface area contributed by atoms with Crippen molar-refractivity contribution < 1.29 is 19.4 Å². The van der Waals surface area contributed by atoms with E-state index in [0.29, 0.717) is 19.7 Å². The Morgan fingerprint density at radius 2 is 1.69 bits per heavy atom. The largest absolute Gasteiger partial charge is 0.497 e. The SMILES string of the molecule is COc1ccc(N2CCN([C@H](C(=O)O)c3c[nH]c4ccc(OCc5ccccc5)cc34)CC2)cc1. The minimum Gasteiger partial charge on any atom is -0.497 e. The number of nitrogens with zero attached hydrogens (tertiary/aromatic N) is 2. The number of fused-ring (bicyclic) bond motifs is 1. The van der Waals surface area contributed by atoms with E-state index in [1.54, 1.807) is 7.11 Å². The molecular formula is C28H29N3O4. The van der Waals surface area contributed by atoms with Crippen LogP contribution in [0, 0.1) is 0 Å². The van der Waals surface area contributed by atoms with Gasteiger partial charge in [0.05, 0.1) is 7.11 Å². The molecule has 1 aliphatic heterocycles. The third kappa shape index (κ3) is 4.95. The molecule has 0 bridgehead atoms. The van der Waals surface area contributed by atoms with Gasteiger partial charge in [-0.25, -0.2) is 0 Å². The molecule has 180 valence electrons. The van der Waals surface area contributed by atoms with Gasteiger partial charge in [-0.1, -0.05) is 30.3 Å². The Morgan fingerprint density at radius 3 is 2.37 bits per heavy atom. The summed E-state index contributed by atoms with van der Waals surface area (Å²) in [5.41, 5.74) is 3.86. The molecule has 7 heteroatoms. The molecule has 0 amide bonds. The number of piperazine rings is 1. The van der Waals surface area contributed by atoms with E-state index in [9.17, 15) is 9.90 Å².